The molecule has 5 nitrogen and oxygen atoms in total. The summed E-state index contributed by atoms with van der Waals surface area (Å²) in [5.41, 5.74) is 0.913. The van der Waals surface area contributed by atoms with Crippen LogP contribution in [0, 0.1) is 12.7 Å². The number of benzene rings is 1. The summed E-state index contributed by atoms with van der Waals surface area (Å²) in [7, 11) is 0. The largest absolute Gasteiger partial charge is 0.317 e. The van der Waals surface area contributed by atoms with Crippen LogP contribution in [-0.4, -0.2) is 21.1 Å². The molecule has 19 heavy (non-hydrogen) atoms. The number of rotatable bonds is 4. The van der Waals surface area contributed by atoms with Crippen LogP contribution in [0.1, 0.15) is 35.4 Å². The predicted octanol–water partition coefficient (Wildman–Crippen LogP) is 2.46. The molecule has 1 aromatic heterocycles. The van der Waals surface area contributed by atoms with Gasteiger partial charge < -0.3 is 5.32 Å². The second kappa shape index (κ2) is 5.60. The van der Waals surface area contributed by atoms with E-state index in [-0.39, 0.29) is 11.5 Å². The van der Waals surface area contributed by atoms with E-state index < -0.39 is 11.7 Å². The molecule has 2 N–H and O–H groups in total. The third-order valence-corrected chi connectivity index (χ3v) is 2.59. The van der Waals surface area contributed by atoms with Crippen LogP contribution in [0.3, 0.4) is 0 Å². The van der Waals surface area contributed by atoms with Gasteiger partial charge in [0.25, 0.3) is 5.91 Å². The molecule has 1 heterocycles. The maximum absolute atomic E-state index is 13.6. The van der Waals surface area contributed by atoms with Crippen molar-refractivity contribution >= 4 is 11.6 Å². The van der Waals surface area contributed by atoms with E-state index >= 15 is 0 Å². The Morgan fingerprint density at radius 2 is 2.26 bits per heavy atom. The van der Waals surface area contributed by atoms with E-state index in [9.17, 15) is 9.18 Å². The van der Waals surface area contributed by atoms with Crippen LogP contribution in [0.2, 0.25) is 0 Å². The zero-order valence-electron chi connectivity index (χ0n) is 10.8. The van der Waals surface area contributed by atoms with Crippen LogP contribution in [0.5, 0.6) is 0 Å². The summed E-state index contributed by atoms with van der Waals surface area (Å²) in [6.45, 7) is 3.78. The van der Waals surface area contributed by atoms with Gasteiger partial charge in [-0.15, -0.1) is 5.10 Å². The number of anilines is 1. The van der Waals surface area contributed by atoms with E-state index in [0.717, 1.165) is 18.4 Å². The van der Waals surface area contributed by atoms with Crippen molar-refractivity contribution in [2.45, 2.75) is 26.7 Å². The Bertz CT molecular complexity index is 594. The molecule has 2 aromatic rings. The first kappa shape index (κ1) is 13.2. The van der Waals surface area contributed by atoms with Crippen LogP contribution in [-0.2, 0) is 6.42 Å². The van der Waals surface area contributed by atoms with Crippen LogP contribution in [0.25, 0.3) is 0 Å². The van der Waals surface area contributed by atoms with Crippen molar-refractivity contribution < 1.29 is 9.18 Å². The number of carbonyl (C=O) groups is 1. The molecular formula is C13H15FN4O. The molecule has 0 unspecified atom stereocenters. The zero-order valence-corrected chi connectivity index (χ0v) is 10.8. The lowest BCUT2D eigenvalue weighted by Gasteiger charge is -2.04. The minimum Gasteiger partial charge on any atom is -0.317 e. The van der Waals surface area contributed by atoms with E-state index in [1.54, 1.807) is 13.0 Å². The van der Waals surface area contributed by atoms with E-state index in [1.165, 1.54) is 12.1 Å². The topological polar surface area (TPSA) is 70.7 Å². The highest BCUT2D eigenvalue weighted by molar-refractivity contribution is 6.01. The van der Waals surface area contributed by atoms with Crippen molar-refractivity contribution in [1.29, 1.82) is 0 Å². The fourth-order valence-electron chi connectivity index (χ4n) is 1.65. The van der Waals surface area contributed by atoms with Crippen LogP contribution in [0.4, 0.5) is 10.1 Å². The summed E-state index contributed by atoms with van der Waals surface area (Å²) in [5.74, 6) is -0.334. The number of hydrogen-bond donors (Lipinski definition) is 2. The van der Waals surface area contributed by atoms with Gasteiger partial charge in [-0.25, -0.2) is 9.37 Å². The minimum atomic E-state index is -0.527. The highest BCUT2D eigenvalue weighted by Gasteiger charge is 2.14. The summed E-state index contributed by atoms with van der Waals surface area (Å²) < 4.78 is 13.6. The Labute approximate surface area is 110 Å². The van der Waals surface area contributed by atoms with Gasteiger partial charge in [-0.1, -0.05) is 13.0 Å². The van der Waals surface area contributed by atoms with E-state index in [2.05, 4.69) is 20.5 Å². The highest BCUT2D eigenvalue weighted by Crippen LogP contribution is 2.15. The Hall–Kier alpha value is -2.24. The molecule has 0 atom stereocenters. The SMILES string of the molecule is CCCc1nc(C(=O)Nc2ccc(C)cc2F)n[nH]1. The van der Waals surface area contributed by atoms with Crippen LogP contribution >= 0.6 is 0 Å². The van der Waals surface area contributed by atoms with E-state index in [0.29, 0.717) is 5.82 Å². The molecule has 0 bridgehead atoms. The average Bonchev–Trinajstić information content (AvgIpc) is 2.82. The highest BCUT2D eigenvalue weighted by atomic mass is 19.1. The normalized spacial score (nSPS) is 10.5. The number of halogens is 1. The maximum Gasteiger partial charge on any atom is 0.295 e. The lowest BCUT2D eigenvalue weighted by molar-refractivity contribution is 0.101. The quantitative estimate of drug-likeness (QED) is 0.889. The summed E-state index contributed by atoms with van der Waals surface area (Å²) in [6.07, 6.45) is 1.63. The van der Waals surface area contributed by atoms with Gasteiger partial charge in [0.05, 0.1) is 5.69 Å². The molecule has 1 aromatic carbocycles. The molecular weight excluding hydrogens is 247 g/mol. The fraction of sp³-hybridized carbons (Fsp3) is 0.308. The first-order chi connectivity index (χ1) is 9.10. The number of aromatic amines is 1. The lowest BCUT2D eigenvalue weighted by Crippen LogP contribution is -2.14. The number of nitrogens with zero attached hydrogens (tertiary/aromatic N) is 2. The van der Waals surface area contributed by atoms with Gasteiger partial charge in [0, 0.05) is 6.42 Å². The minimum absolute atomic E-state index is 0.0171. The monoisotopic (exact) mass is 262 g/mol. The molecule has 1 amide bonds. The van der Waals surface area contributed by atoms with Crippen molar-refractivity contribution in [3.8, 4) is 0 Å². The number of nitrogens with one attached hydrogen (secondary N) is 2. The number of carbonyl (C=O) groups excluding carboxylic acids is 1. The molecule has 0 aliphatic rings. The molecule has 0 aliphatic carbocycles. The number of hydrogen-bond acceptors (Lipinski definition) is 3. The van der Waals surface area contributed by atoms with Crippen molar-refractivity contribution in [3.63, 3.8) is 0 Å². The molecule has 0 saturated carbocycles. The van der Waals surface area contributed by atoms with Gasteiger partial charge >= 0.3 is 0 Å². The van der Waals surface area contributed by atoms with Crippen molar-refractivity contribution in [2.75, 3.05) is 5.32 Å². The third-order valence-electron chi connectivity index (χ3n) is 2.59. The zero-order chi connectivity index (χ0) is 13.8. The molecule has 0 spiro atoms. The Morgan fingerprint density at radius 3 is 2.95 bits per heavy atom. The number of aryl methyl sites for hydroxylation is 2. The summed E-state index contributed by atoms with van der Waals surface area (Å²) in [4.78, 5) is 15.9. The van der Waals surface area contributed by atoms with Gasteiger partial charge in [-0.3, -0.25) is 9.89 Å². The molecule has 100 valence electrons. The molecule has 0 fully saturated rings. The Kier molecular flexibility index (Phi) is 3.89. The third kappa shape index (κ3) is 3.15. The first-order valence-electron chi connectivity index (χ1n) is 6.09. The van der Waals surface area contributed by atoms with Gasteiger partial charge in [0.2, 0.25) is 5.82 Å². The van der Waals surface area contributed by atoms with E-state index in [1.807, 2.05) is 6.92 Å². The predicted molar refractivity (Wildman–Crippen MR) is 69.5 cm³/mol. The number of aromatic nitrogens is 3. The number of H-pyrrole nitrogens is 1. The van der Waals surface area contributed by atoms with Crippen molar-refractivity contribution in [3.05, 3.63) is 41.2 Å². The van der Waals surface area contributed by atoms with Crippen molar-refractivity contribution in [2.24, 2.45) is 0 Å². The molecule has 2 rings (SSSR count). The smallest absolute Gasteiger partial charge is 0.295 e. The average molecular weight is 262 g/mol. The summed E-state index contributed by atoms with van der Waals surface area (Å²) >= 11 is 0. The standard InChI is InChI=1S/C13H15FN4O/c1-3-4-11-16-12(18-17-11)13(19)15-10-6-5-8(2)7-9(10)14/h5-7H,3-4H2,1-2H3,(H,15,19)(H,16,17,18). The maximum atomic E-state index is 13.6. The Morgan fingerprint density at radius 1 is 1.47 bits per heavy atom. The Balaban J connectivity index is 2.11. The van der Waals surface area contributed by atoms with Crippen LogP contribution in [0.15, 0.2) is 18.2 Å². The van der Waals surface area contributed by atoms with Gasteiger partial charge in [0.15, 0.2) is 0 Å². The van der Waals surface area contributed by atoms with Gasteiger partial charge in [-0.2, -0.15) is 0 Å². The number of amides is 1. The first-order valence-corrected chi connectivity index (χ1v) is 6.09. The van der Waals surface area contributed by atoms with E-state index in [4.69, 9.17) is 0 Å². The molecule has 0 saturated heterocycles. The fourth-order valence-corrected chi connectivity index (χ4v) is 1.65. The second-order valence-electron chi connectivity index (χ2n) is 4.29. The van der Waals surface area contributed by atoms with Gasteiger partial charge in [-0.05, 0) is 31.0 Å². The molecule has 0 radical (unpaired) electrons. The summed E-state index contributed by atoms with van der Waals surface area (Å²) in [6, 6.07) is 4.59. The van der Waals surface area contributed by atoms with Gasteiger partial charge in [0.1, 0.15) is 11.6 Å². The summed E-state index contributed by atoms with van der Waals surface area (Å²) in [5, 5.41) is 8.94. The lowest BCUT2D eigenvalue weighted by atomic mass is 10.2. The van der Waals surface area contributed by atoms with Crippen LogP contribution < -0.4 is 5.32 Å². The molecule has 6 heteroatoms. The molecule has 0 aliphatic heterocycles. The second-order valence-corrected chi connectivity index (χ2v) is 4.29. The van der Waals surface area contributed by atoms with Crippen molar-refractivity contribution in [1.82, 2.24) is 15.2 Å².